The zero-order valence-electron chi connectivity index (χ0n) is 12.0. The van der Waals surface area contributed by atoms with E-state index in [1.807, 2.05) is 0 Å². The van der Waals surface area contributed by atoms with Gasteiger partial charge in [0.15, 0.2) is 0 Å². The Hall–Kier alpha value is -0.220. The second-order valence-corrected chi connectivity index (χ2v) is 6.15. The van der Waals surface area contributed by atoms with Gasteiger partial charge in [-0.2, -0.15) is 0 Å². The van der Waals surface area contributed by atoms with E-state index < -0.39 is 5.92 Å². The summed E-state index contributed by atoms with van der Waals surface area (Å²) >= 11 is 0. The van der Waals surface area contributed by atoms with Crippen molar-refractivity contribution in [2.75, 3.05) is 19.8 Å². The first-order valence-electron chi connectivity index (χ1n) is 7.81. The summed E-state index contributed by atoms with van der Waals surface area (Å²) in [5.74, 6) is -1.51. The van der Waals surface area contributed by atoms with Crippen molar-refractivity contribution >= 4 is 0 Å². The average molecular weight is 275 g/mol. The topological polar surface area (TPSA) is 21.3 Å². The predicted molar refractivity (Wildman–Crippen MR) is 72.5 cm³/mol. The van der Waals surface area contributed by atoms with Crippen LogP contribution >= 0.6 is 0 Å². The molecule has 1 saturated heterocycles. The molecule has 0 aromatic carbocycles. The molecule has 1 aliphatic carbocycles. The van der Waals surface area contributed by atoms with E-state index in [4.69, 9.17) is 4.74 Å². The zero-order valence-corrected chi connectivity index (χ0v) is 12.0. The van der Waals surface area contributed by atoms with Gasteiger partial charge < -0.3 is 10.1 Å². The standard InChI is InChI=1S/C15H27F2NO/c1-2-9-18-14(13-4-3-10-19-11-13)12-5-7-15(16,17)8-6-12/h12-14,18H,2-11H2,1H3. The maximum Gasteiger partial charge on any atom is 0.248 e. The summed E-state index contributed by atoms with van der Waals surface area (Å²) in [5.41, 5.74) is 0. The average Bonchev–Trinajstić information content (AvgIpc) is 2.42. The first-order chi connectivity index (χ1) is 9.12. The summed E-state index contributed by atoms with van der Waals surface area (Å²) in [7, 11) is 0. The summed E-state index contributed by atoms with van der Waals surface area (Å²) in [4.78, 5) is 0. The first-order valence-corrected chi connectivity index (χ1v) is 7.81. The molecule has 0 bridgehead atoms. The third-order valence-electron chi connectivity index (χ3n) is 4.60. The van der Waals surface area contributed by atoms with Gasteiger partial charge in [0.1, 0.15) is 0 Å². The van der Waals surface area contributed by atoms with E-state index in [0.717, 1.165) is 32.6 Å². The van der Waals surface area contributed by atoms with Crippen molar-refractivity contribution in [3.63, 3.8) is 0 Å². The van der Waals surface area contributed by atoms with E-state index in [1.54, 1.807) is 0 Å². The summed E-state index contributed by atoms with van der Waals surface area (Å²) in [5, 5.41) is 3.61. The Morgan fingerprint density at radius 3 is 2.53 bits per heavy atom. The van der Waals surface area contributed by atoms with Crippen LogP contribution in [0.3, 0.4) is 0 Å². The Morgan fingerprint density at radius 1 is 1.21 bits per heavy atom. The Bertz CT molecular complexity index is 257. The van der Waals surface area contributed by atoms with Crippen LogP contribution in [0.15, 0.2) is 0 Å². The van der Waals surface area contributed by atoms with E-state index in [2.05, 4.69) is 12.2 Å². The third kappa shape index (κ3) is 4.38. The van der Waals surface area contributed by atoms with Crippen LogP contribution in [0.5, 0.6) is 0 Å². The maximum absolute atomic E-state index is 13.3. The molecule has 1 saturated carbocycles. The van der Waals surface area contributed by atoms with Crippen LogP contribution in [0, 0.1) is 11.8 Å². The summed E-state index contributed by atoms with van der Waals surface area (Å²) < 4.78 is 32.2. The summed E-state index contributed by atoms with van der Waals surface area (Å²) in [6.45, 7) is 4.79. The fourth-order valence-corrected chi connectivity index (χ4v) is 3.50. The molecule has 1 N–H and O–H groups in total. The molecule has 0 aromatic heterocycles. The predicted octanol–water partition coefficient (Wildman–Crippen LogP) is 3.61. The minimum Gasteiger partial charge on any atom is -0.381 e. The minimum absolute atomic E-state index is 0.0650. The van der Waals surface area contributed by atoms with Gasteiger partial charge in [-0.15, -0.1) is 0 Å². The SMILES string of the molecule is CCCNC(C1CCC(F)(F)CC1)C1CCCOC1. The minimum atomic E-state index is -2.42. The lowest BCUT2D eigenvalue weighted by Crippen LogP contribution is -2.47. The van der Waals surface area contributed by atoms with E-state index >= 15 is 0 Å². The lowest BCUT2D eigenvalue weighted by atomic mass is 9.76. The molecule has 1 aliphatic heterocycles. The molecule has 19 heavy (non-hydrogen) atoms. The Labute approximate surface area is 115 Å². The molecular formula is C15H27F2NO. The van der Waals surface area contributed by atoms with Crippen molar-refractivity contribution in [1.29, 1.82) is 0 Å². The highest BCUT2D eigenvalue weighted by atomic mass is 19.3. The molecule has 2 unspecified atom stereocenters. The molecular weight excluding hydrogens is 248 g/mol. The Morgan fingerprint density at radius 2 is 1.95 bits per heavy atom. The second-order valence-electron chi connectivity index (χ2n) is 6.15. The van der Waals surface area contributed by atoms with Crippen LogP contribution in [0.25, 0.3) is 0 Å². The van der Waals surface area contributed by atoms with Crippen molar-refractivity contribution in [2.45, 2.75) is 63.8 Å². The van der Waals surface area contributed by atoms with E-state index in [1.165, 1.54) is 6.42 Å². The smallest absolute Gasteiger partial charge is 0.248 e. The van der Waals surface area contributed by atoms with Gasteiger partial charge in [0.2, 0.25) is 5.92 Å². The molecule has 1 heterocycles. The first kappa shape index (κ1) is 15.2. The van der Waals surface area contributed by atoms with Gasteiger partial charge in [-0.05, 0) is 50.5 Å². The zero-order chi connectivity index (χ0) is 13.7. The molecule has 2 rings (SSSR count). The van der Waals surface area contributed by atoms with Crippen LogP contribution in [0.1, 0.15) is 51.9 Å². The molecule has 2 nitrogen and oxygen atoms in total. The molecule has 0 aromatic rings. The number of ether oxygens (including phenoxy) is 1. The van der Waals surface area contributed by atoms with E-state index in [0.29, 0.717) is 30.7 Å². The monoisotopic (exact) mass is 275 g/mol. The Kier molecular flexibility index (Phi) is 5.58. The molecule has 112 valence electrons. The number of rotatable bonds is 5. The van der Waals surface area contributed by atoms with Crippen molar-refractivity contribution in [2.24, 2.45) is 11.8 Å². The van der Waals surface area contributed by atoms with Crippen molar-refractivity contribution in [3.8, 4) is 0 Å². The lowest BCUT2D eigenvalue weighted by molar-refractivity contribution is -0.0571. The molecule has 0 spiro atoms. The number of hydrogen-bond acceptors (Lipinski definition) is 2. The number of alkyl halides is 2. The normalized spacial score (nSPS) is 30.2. The van der Waals surface area contributed by atoms with Gasteiger partial charge in [-0.25, -0.2) is 8.78 Å². The quantitative estimate of drug-likeness (QED) is 0.827. The highest BCUT2D eigenvalue weighted by molar-refractivity contribution is 4.89. The van der Waals surface area contributed by atoms with Crippen molar-refractivity contribution in [3.05, 3.63) is 0 Å². The van der Waals surface area contributed by atoms with Crippen molar-refractivity contribution < 1.29 is 13.5 Å². The van der Waals surface area contributed by atoms with Gasteiger partial charge in [-0.3, -0.25) is 0 Å². The lowest BCUT2D eigenvalue weighted by Gasteiger charge is -2.39. The fourth-order valence-electron chi connectivity index (χ4n) is 3.50. The van der Waals surface area contributed by atoms with E-state index in [9.17, 15) is 8.78 Å². The van der Waals surface area contributed by atoms with Crippen LogP contribution in [-0.2, 0) is 4.74 Å². The second kappa shape index (κ2) is 6.98. The third-order valence-corrected chi connectivity index (χ3v) is 4.60. The molecule has 0 amide bonds. The van der Waals surface area contributed by atoms with Gasteiger partial charge in [0.05, 0.1) is 6.61 Å². The van der Waals surface area contributed by atoms with Gasteiger partial charge >= 0.3 is 0 Å². The number of hydrogen-bond donors (Lipinski definition) is 1. The molecule has 2 fully saturated rings. The fraction of sp³-hybridized carbons (Fsp3) is 1.00. The van der Waals surface area contributed by atoms with Crippen molar-refractivity contribution in [1.82, 2.24) is 5.32 Å². The number of nitrogens with one attached hydrogen (secondary N) is 1. The molecule has 2 atom stereocenters. The largest absolute Gasteiger partial charge is 0.381 e. The maximum atomic E-state index is 13.3. The van der Waals surface area contributed by atoms with Crippen LogP contribution in [0.2, 0.25) is 0 Å². The van der Waals surface area contributed by atoms with Gasteiger partial charge in [-0.1, -0.05) is 6.92 Å². The molecule has 0 radical (unpaired) electrons. The van der Waals surface area contributed by atoms with Crippen LogP contribution in [0.4, 0.5) is 8.78 Å². The Balaban J connectivity index is 1.92. The summed E-state index contributed by atoms with van der Waals surface area (Å²) in [6.07, 6.45) is 4.82. The van der Waals surface area contributed by atoms with E-state index in [-0.39, 0.29) is 12.8 Å². The van der Waals surface area contributed by atoms with Crippen LogP contribution < -0.4 is 5.32 Å². The van der Waals surface area contributed by atoms with Gasteiger partial charge in [0.25, 0.3) is 0 Å². The van der Waals surface area contributed by atoms with Crippen LogP contribution in [-0.4, -0.2) is 31.7 Å². The highest BCUT2D eigenvalue weighted by Gasteiger charge is 2.39. The van der Waals surface area contributed by atoms with Gasteiger partial charge in [0, 0.05) is 25.5 Å². The molecule has 2 aliphatic rings. The molecule has 4 heteroatoms. The highest BCUT2D eigenvalue weighted by Crippen LogP contribution is 2.39. The number of halogens is 2. The summed E-state index contributed by atoms with van der Waals surface area (Å²) in [6, 6.07) is 0.372.